The second-order valence-electron chi connectivity index (χ2n) is 7.89. The Bertz CT molecular complexity index is 1260. The van der Waals surface area contributed by atoms with E-state index in [1.807, 2.05) is 91.9 Å². The minimum Gasteiger partial charge on any atom is -0.349 e. The molecule has 0 radical (unpaired) electrons. The van der Waals surface area contributed by atoms with Gasteiger partial charge in [0, 0.05) is 28.0 Å². The van der Waals surface area contributed by atoms with Crippen molar-refractivity contribution in [3.63, 3.8) is 0 Å². The van der Waals surface area contributed by atoms with Crippen molar-refractivity contribution in [3.8, 4) is 11.3 Å². The molecule has 2 atom stereocenters. The van der Waals surface area contributed by atoms with E-state index in [0.29, 0.717) is 5.75 Å². The first-order chi connectivity index (χ1) is 15.5. The minimum absolute atomic E-state index is 0.0696. The van der Waals surface area contributed by atoms with E-state index < -0.39 is 10.8 Å². The van der Waals surface area contributed by atoms with Gasteiger partial charge in [-0.25, -0.2) is 4.98 Å². The van der Waals surface area contributed by atoms with E-state index in [0.717, 1.165) is 38.9 Å². The standard InChI is InChI=1S/C27H26N2O2S/c1-19(20-11-5-3-6-12-20)28-26(30)17-23-22-15-9-10-16-25(22)29-27(24(23)18-32(2)31)21-13-7-4-8-14-21/h3-16,19H,17-18H2,1-2H3,(H,28,30). The third kappa shape index (κ3) is 4.94. The van der Waals surface area contributed by atoms with Gasteiger partial charge >= 0.3 is 0 Å². The molecule has 0 saturated carbocycles. The van der Waals surface area contributed by atoms with Crippen molar-refractivity contribution in [2.45, 2.75) is 25.1 Å². The van der Waals surface area contributed by atoms with Crippen LogP contribution in [0.15, 0.2) is 84.9 Å². The van der Waals surface area contributed by atoms with Crippen molar-refractivity contribution < 1.29 is 9.00 Å². The highest BCUT2D eigenvalue weighted by molar-refractivity contribution is 7.83. The van der Waals surface area contributed by atoms with Gasteiger partial charge in [-0.3, -0.25) is 9.00 Å². The molecule has 4 aromatic rings. The van der Waals surface area contributed by atoms with Crippen molar-refractivity contribution in [1.82, 2.24) is 10.3 Å². The Labute approximate surface area is 191 Å². The van der Waals surface area contributed by atoms with Crippen LogP contribution in [0.1, 0.15) is 29.7 Å². The van der Waals surface area contributed by atoms with Crippen molar-refractivity contribution in [2.24, 2.45) is 0 Å². The fourth-order valence-electron chi connectivity index (χ4n) is 3.99. The number of para-hydroxylation sites is 1. The van der Waals surface area contributed by atoms with Crippen LogP contribution < -0.4 is 5.32 Å². The molecule has 162 valence electrons. The summed E-state index contributed by atoms with van der Waals surface area (Å²) in [6, 6.07) is 27.5. The number of aromatic nitrogens is 1. The summed E-state index contributed by atoms with van der Waals surface area (Å²) in [5.74, 6) is 0.277. The lowest BCUT2D eigenvalue weighted by Crippen LogP contribution is -2.28. The highest BCUT2D eigenvalue weighted by atomic mass is 32.2. The van der Waals surface area contributed by atoms with Crippen molar-refractivity contribution >= 4 is 27.6 Å². The van der Waals surface area contributed by atoms with Gasteiger partial charge < -0.3 is 5.32 Å². The number of fused-ring (bicyclic) bond motifs is 1. The lowest BCUT2D eigenvalue weighted by atomic mass is 9.95. The second-order valence-corrected chi connectivity index (χ2v) is 9.33. The van der Waals surface area contributed by atoms with Crippen LogP contribution in [0.4, 0.5) is 0 Å². The zero-order valence-corrected chi connectivity index (χ0v) is 19.1. The molecule has 3 aromatic carbocycles. The minimum atomic E-state index is -1.08. The summed E-state index contributed by atoms with van der Waals surface area (Å²) in [6.45, 7) is 1.98. The van der Waals surface area contributed by atoms with E-state index >= 15 is 0 Å². The second kappa shape index (κ2) is 9.88. The first kappa shape index (κ1) is 21.9. The van der Waals surface area contributed by atoms with Crippen LogP contribution in [0.5, 0.6) is 0 Å². The monoisotopic (exact) mass is 442 g/mol. The number of hydrogen-bond donors (Lipinski definition) is 1. The molecule has 0 fully saturated rings. The van der Waals surface area contributed by atoms with Gasteiger partial charge in [0.1, 0.15) is 0 Å². The Hall–Kier alpha value is -3.31. The van der Waals surface area contributed by atoms with E-state index in [4.69, 9.17) is 4.98 Å². The predicted octanol–water partition coefficient (Wildman–Crippen LogP) is 5.20. The summed E-state index contributed by atoms with van der Waals surface area (Å²) < 4.78 is 12.3. The summed E-state index contributed by atoms with van der Waals surface area (Å²) in [4.78, 5) is 18.0. The average molecular weight is 443 g/mol. The molecule has 0 aliphatic heterocycles. The van der Waals surface area contributed by atoms with Crippen LogP contribution in [0.2, 0.25) is 0 Å². The molecule has 0 saturated heterocycles. The molecule has 0 aliphatic carbocycles. The molecule has 1 heterocycles. The molecule has 4 rings (SSSR count). The summed E-state index contributed by atoms with van der Waals surface area (Å²) in [5.41, 5.74) is 5.40. The summed E-state index contributed by atoms with van der Waals surface area (Å²) in [6.07, 6.45) is 1.89. The molecule has 32 heavy (non-hydrogen) atoms. The van der Waals surface area contributed by atoms with Crippen molar-refractivity contribution in [1.29, 1.82) is 0 Å². The number of nitrogens with one attached hydrogen (secondary N) is 1. The maximum atomic E-state index is 13.1. The van der Waals surface area contributed by atoms with Crippen LogP contribution in [0.3, 0.4) is 0 Å². The first-order valence-electron chi connectivity index (χ1n) is 10.6. The summed E-state index contributed by atoms with van der Waals surface area (Å²) >= 11 is 0. The SMILES string of the molecule is CC(NC(=O)Cc1c(CS(C)=O)c(-c2ccccc2)nc2ccccc12)c1ccccc1. The van der Waals surface area contributed by atoms with E-state index in [1.54, 1.807) is 6.26 Å². The molecular weight excluding hydrogens is 416 g/mol. The van der Waals surface area contributed by atoms with Crippen molar-refractivity contribution in [3.05, 3.63) is 102 Å². The Morgan fingerprint density at radius 2 is 1.53 bits per heavy atom. The maximum Gasteiger partial charge on any atom is 0.224 e. The molecule has 1 amide bonds. The topological polar surface area (TPSA) is 59.1 Å². The Balaban J connectivity index is 1.78. The number of carbonyl (C=O) groups is 1. The highest BCUT2D eigenvalue weighted by Gasteiger charge is 2.20. The largest absolute Gasteiger partial charge is 0.349 e. The van der Waals surface area contributed by atoms with Crippen LogP contribution in [-0.2, 0) is 27.8 Å². The Morgan fingerprint density at radius 1 is 0.906 bits per heavy atom. The zero-order chi connectivity index (χ0) is 22.5. The number of hydrogen-bond acceptors (Lipinski definition) is 3. The molecule has 5 heteroatoms. The van der Waals surface area contributed by atoms with Crippen LogP contribution in [0.25, 0.3) is 22.2 Å². The third-order valence-corrected chi connectivity index (χ3v) is 6.22. The first-order valence-corrected chi connectivity index (χ1v) is 12.4. The van der Waals surface area contributed by atoms with E-state index in [-0.39, 0.29) is 18.4 Å². The van der Waals surface area contributed by atoms with Gasteiger partial charge in [-0.2, -0.15) is 0 Å². The van der Waals surface area contributed by atoms with E-state index in [1.165, 1.54) is 0 Å². The highest BCUT2D eigenvalue weighted by Crippen LogP contribution is 2.31. The summed E-state index contributed by atoms with van der Waals surface area (Å²) in [7, 11) is -1.08. The van der Waals surface area contributed by atoms with Gasteiger partial charge in [0.05, 0.1) is 29.4 Å². The molecule has 0 bridgehead atoms. The van der Waals surface area contributed by atoms with E-state index in [9.17, 15) is 9.00 Å². The smallest absolute Gasteiger partial charge is 0.224 e. The number of benzene rings is 3. The molecule has 0 spiro atoms. The van der Waals surface area contributed by atoms with Gasteiger partial charge in [-0.1, -0.05) is 78.9 Å². The molecule has 1 N–H and O–H groups in total. The van der Waals surface area contributed by atoms with Crippen molar-refractivity contribution in [2.75, 3.05) is 6.26 Å². The van der Waals surface area contributed by atoms with E-state index in [2.05, 4.69) is 5.32 Å². The van der Waals surface area contributed by atoms with Gasteiger partial charge in [0.2, 0.25) is 5.91 Å². The average Bonchev–Trinajstić information content (AvgIpc) is 2.81. The molecule has 2 unspecified atom stereocenters. The fourth-order valence-corrected chi connectivity index (χ4v) is 4.71. The number of pyridine rings is 1. The normalized spacial score (nSPS) is 12.9. The molecule has 1 aromatic heterocycles. The van der Waals surface area contributed by atoms with Crippen LogP contribution in [-0.4, -0.2) is 21.4 Å². The predicted molar refractivity (Wildman–Crippen MR) is 132 cm³/mol. The van der Waals surface area contributed by atoms with Crippen LogP contribution >= 0.6 is 0 Å². The molecular formula is C27H26N2O2S. The zero-order valence-electron chi connectivity index (χ0n) is 18.2. The number of rotatable bonds is 7. The molecule has 0 aliphatic rings. The number of amides is 1. The Kier molecular flexibility index (Phi) is 6.76. The quantitative estimate of drug-likeness (QED) is 0.428. The summed E-state index contributed by atoms with van der Waals surface area (Å²) in [5, 5.41) is 4.04. The van der Waals surface area contributed by atoms with Gasteiger partial charge in [0.25, 0.3) is 0 Å². The molecule has 4 nitrogen and oxygen atoms in total. The lowest BCUT2D eigenvalue weighted by molar-refractivity contribution is -0.121. The van der Waals surface area contributed by atoms with Gasteiger partial charge in [0.15, 0.2) is 0 Å². The fraction of sp³-hybridized carbons (Fsp3) is 0.185. The van der Waals surface area contributed by atoms with Gasteiger partial charge in [-0.15, -0.1) is 0 Å². The Morgan fingerprint density at radius 3 is 2.22 bits per heavy atom. The number of nitrogens with zero attached hydrogens (tertiary/aromatic N) is 1. The lowest BCUT2D eigenvalue weighted by Gasteiger charge is -2.19. The number of carbonyl (C=O) groups excluding carboxylic acids is 1. The van der Waals surface area contributed by atoms with Gasteiger partial charge in [-0.05, 0) is 29.7 Å². The third-order valence-electron chi connectivity index (χ3n) is 5.52. The van der Waals surface area contributed by atoms with Crippen LogP contribution in [0, 0.1) is 0 Å². The maximum absolute atomic E-state index is 13.1.